The molecule has 5 fully saturated rings. The molecule has 0 aromatic heterocycles. The van der Waals surface area contributed by atoms with Crippen molar-refractivity contribution in [2.75, 3.05) is 0 Å². The first kappa shape index (κ1) is 34.4. The fourth-order valence-electron chi connectivity index (χ4n) is 12.8. The molecule has 11 unspecified atom stereocenters. The van der Waals surface area contributed by atoms with Crippen molar-refractivity contribution < 1.29 is 0 Å². The van der Waals surface area contributed by atoms with Crippen LogP contribution in [-0.2, 0) is 0 Å². The molecule has 5 aliphatic rings. The maximum absolute atomic E-state index is 2.81. The predicted octanol–water partition coefficient (Wildman–Crippen LogP) is 13.1. The molecule has 1 heteroatoms. The summed E-state index contributed by atoms with van der Waals surface area (Å²) in [6.45, 7) is 21.2. The molecule has 1 aliphatic heterocycles. The maximum atomic E-state index is 2.81. The second kappa shape index (κ2) is 14.9. The Morgan fingerprint density at radius 1 is 0.558 bits per heavy atom. The Hall–Kier alpha value is 0.0649. The zero-order valence-electron chi connectivity index (χ0n) is 30.6. The monoisotopic (exact) mass is 592 g/mol. The highest BCUT2D eigenvalue weighted by Gasteiger charge is 2.54. The fourth-order valence-corrected chi connectivity index (χ4v) is 12.8. The van der Waals surface area contributed by atoms with Gasteiger partial charge in [-0.2, -0.15) is 0 Å². The van der Waals surface area contributed by atoms with Crippen LogP contribution < -0.4 is 0 Å². The van der Waals surface area contributed by atoms with Crippen LogP contribution in [0.4, 0.5) is 0 Å². The molecule has 5 rings (SSSR count). The largest absolute Gasteiger partial charge is 0.110 e. The fraction of sp³-hybridized carbons (Fsp3) is 1.00. The molecule has 11 atom stereocenters. The van der Waals surface area contributed by atoms with Crippen molar-refractivity contribution in [2.24, 2.45) is 81.8 Å². The Bertz CT molecular complexity index is 836. The van der Waals surface area contributed by atoms with Gasteiger partial charge in [0, 0.05) is 0 Å². The molecule has 1 saturated heterocycles. The van der Waals surface area contributed by atoms with Crippen LogP contribution in [0, 0.1) is 81.8 Å². The first-order valence-electron chi connectivity index (χ1n) is 20.3. The van der Waals surface area contributed by atoms with Crippen molar-refractivity contribution >= 4 is 7.28 Å². The highest BCUT2D eigenvalue weighted by Crippen LogP contribution is 2.61. The molecule has 0 nitrogen and oxygen atoms in total. The van der Waals surface area contributed by atoms with Crippen LogP contribution in [0.25, 0.3) is 0 Å². The normalized spacial score (nSPS) is 44.2. The van der Waals surface area contributed by atoms with Crippen molar-refractivity contribution in [1.82, 2.24) is 0 Å². The molecule has 0 N–H and O–H groups in total. The first-order chi connectivity index (χ1) is 20.5. The van der Waals surface area contributed by atoms with Crippen LogP contribution in [0.15, 0.2) is 0 Å². The Morgan fingerprint density at radius 2 is 1.14 bits per heavy atom. The van der Waals surface area contributed by atoms with Crippen LogP contribution in [0.5, 0.6) is 0 Å². The molecule has 43 heavy (non-hydrogen) atoms. The van der Waals surface area contributed by atoms with Gasteiger partial charge in [0.2, 0.25) is 0 Å². The van der Waals surface area contributed by atoms with E-state index >= 15 is 0 Å². The highest BCUT2D eigenvalue weighted by molar-refractivity contribution is 6.35. The Labute approximate surface area is 272 Å². The van der Waals surface area contributed by atoms with E-state index in [1.54, 1.807) is 32.1 Å². The molecule has 4 aliphatic carbocycles. The Kier molecular flexibility index (Phi) is 11.9. The minimum Gasteiger partial charge on any atom is -0.0800 e. The van der Waals surface area contributed by atoms with Crippen LogP contribution in [0.3, 0.4) is 0 Å². The van der Waals surface area contributed by atoms with Gasteiger partial charge in [-0.15, -0.1) is 0 Å². The van der Waals surface area contributed by atoms with E-state index in [1.807, 2.05) is 0 Å². The predicted molar refractivity (Wildman–Crippen MR) is 191 cm³/mol. The molecule has 0 aromatic rings. The summed E-state index contributed by atoms with van der Waals surface area (Å²) in [6, 6.07) is 0. The second-order valence-electron chi connectivity index (χ2n) is 19.2. The van der Waals surface area contributed by atoms with E-state index in [9.17, 15) is 0 Å². The summed E-state index contributed by atoms with van der Waals surface area (Å²) in [4.78, 5) is 0. The zero-order valence-corrected chi connectivity index (χ0v) is 30.6. The van der Waals surface area contributed by atoms with Gasteiger partial charge in [-0.1, -0.05) is 158 Å². The van der Waals surface area contributed by atoms with Crippen molar-refractivity contribution in [2.45, 2.75) is 184 Å². The summed E-state index contributed by atoms with van der Waals surface area (Å²) in [5.74, 6) is 11.8. The molecule has 0 bridgehead atoms. The minimum absolute atomic E-state index is 0.422. The summed E-state index contributed by atoms with van der Waals surface area (Å²) in [6.07, 6.45) is 29.9. The number of hydrogen-bond acceptors (Lipinski definition) is 0. The molecule has 0 aromatic carbocycles. The van der Waals surface area contributed by atoms with E-state index in [0.29, 0.717) is 10.8 Å². The number of rotatable bonds is 5. The molecular formula is C42H76B. The third-order valence-corrected chi connectivity index (χ3v) is 16.2. The average Bonchev–Trinajstić information content (AvgIpc) is 2.98. The quantitative estimate of drug-likeness (QED) is 0.279. The van der Waals surface area contributed by atoms with Crippen molar-refractivity contribution in [3.8, 4) is 0 Å². The van der Waals surface area contributed by atoms with Crippen molar-refractivity contribution in [3.63, 3.8) is 0 Å². The van der Waals surface area contributed by atoms with E-state index in [1.165, 1.54) is 96.1 Å². The Balaban J connectivity index is 1.47. The van der Waals surface area contributed by atoms with Gasteiger partial charge in [0.15, 0.2) is 0 Å². The van der Waals surface area contributed by atoms with Gasteiger partial charge in [0.25, 0.3) is 0 Å². The van der Waals surface area contributed by atoms with Gasteiger partial charge < -0.3 is 0 Å². The third-order valence-electron chi connectivity index (χ3n) is 16.2. The lowest BCUT2D eigenvalue weighted by atomic mass is 9.45. The van der Waals surface area contributed by atoms with E-state index in [4.69, 9.17) is 0 Å². The lowest BCUT2D eigenvalue weighted by Crippen LogP contribution is -2.53. The molecule has 0 amide bonds. The average molecular weight is 592 g/mol. The van der Waals surface area contributed by atoms with Gasteiger partial charge >= 0.3 is 0 Å². The standard InChI is InChI=1S/C42H76B/c1-29-17-12-14-22-35(29)38-31(3)27-37(32(4)33-21-16-25-41(5,6)42(7,8)28-43-26-24-33)40(36-23-15-13-18-30(36)2)39(38)34-19-10-9-11-20-34/h29-40H,9-28H2,1-8H3. The zero-order chi connectivity index (χ0) is 30.8. The summed E-state index contributed by atoms with van der Waals surface area (Å²) in [7, 11) is 2.72. The van der Waals surface area contributed by atoms with E-state index in [0.717, 1.165) is 71.0 Å². The minimum atomic E-state index is 0.422. The lowest BCUT2D eigenvalue weighted by Gasteiger charge is -2.59. The summed E-state index contributed by atoms with van der Waals surface area (Å²) >= 11 is 0. The van der Waals surface area contributed by atoms with Crippen LogP contribution in [0.2, 0.25) is 12.6 Å². The van der Waals surface area contributed by atoms with Gasteiger partial charge in [0.05, 0.1) is 0 Å². The molecule has 4 saturated carbocycles. The van der Waals surface area contributed by atoms with Crippen LogP contribution >= 0.6 is 0 Å². The van der Waals surface area contributed by atoms with Crippen LogP contribution in [0.1, 0.15) is 171 Å². The molecule has 0 spiro atoms. The highest BCUT2D eigenvalue weighted by atomic mass is 14.6. The summed E-state index contributed by atoms with van der Waals surface area (Å²) in [5.41, 5.74) is 0.856. The number of hydrogen-bond donors (Lipinski definition) is 0. The SMILES string of the molecule is CC1CCCCC1C1C(C)CC(C(C)C2CC[B]CC(C)(C)C(C)(C)CCC2)C(C2CCCCC2C)C1C1CCCCC1. The van der Waals surface area contributed by atoms with Crippen molar-refractivity contribution in [3.05, 3.63) is 0 Å². The van der Waals surface area contributed by atoms with E-state index < -0.39 is 0 Å². The van der Waals surface area contributed by atoms with Gasteiger partial charge in [-0.25, -0.2) is 0 Å². The smallest absolute Gasteiger partial charge is 0.0800 e. The maximum Gasteiger partial charge on any atom is 0.110 e. The van der Waals surface area contributed by atoms with E-state index in [2.05, 4.69) is 62.7 Å². The topological polar surface area (TPSA) is 0 Å². The first-order valence-corrected chi connectivity index (χ1v) is 20.3. The molecular weight excluding hydrogens is 515 g/mol. The summed E-state index contributed by atoms with van der Waals surface area (Å²) in [5, 5.41) is 0. The Morgan fingerprint density at radius 3 is 1.77 bits per heavy atom. The van der Waals surface area contributed by atoms with Gasteiger partial charge in [-0.3, -0.25) is 0 Å². The van der Waals surface area contributed by atoms with Crippen molar-refractivity contribution in [1.29, 1.82) is 0 Å². The lowest BCUT2D eigenvalue weighted by molar-refractivity contribution is -0.108. The molecule has 1 radical (unpaired) electrons. The second-order valence-corrected chi connectivity index (χ2v) is 19.2. The van der Waals surface area contributed by atoms with E-state index in [-0.39, 0.29) is 0 Å². The molecule has 247 valence electrons. The van der Waals surface area contributed by atoms with Gasteiger partial charge in [0.1, 0.15) is 7.28 Å². The third kappa shape index (κ3) is 7.63. The van der Waals surface area contributed by atoms with Crippen LogP contribution in [-0.4, -0.2) is 7.28 Å². The summed E-state index contributed by atoms with van der Waals surface area (Å²) < 4.78 is 0. The van der Waals surface area contributed by atoms with Gasteiger partial charge in [-0.05, 0) is 108 Å². The molecule has 1 heterocycles.